The smallest absolute Gasteiger partial charge is 0.264 e. The van der Waals surface area contributed by atoms with E-state index in [9.17, 15) is 13.2 Å². The zero-order valence-electron chi connectivity index (χ0n) is 23.5. The lowest BCUT2D eigenvalue weighted by Crippen LogP contribution is -2.15. The van der Waals surface area contributed by atoms with E-state index in [0.29, 0.717) is 46.6 Å². The first kappa shape index (κ1) is 28.3. The minimum atomic E-state index is -4.03. The number of carbonyl (C=O) groups is 1. The highest BCUT2D eigenvalue weighted by Crippen LogP contribution is 2.33. The van der Waals surface area contributed by atoms with E-state index in [0.717, 1.165) is 49.2 Å². The quantitative estimate of drug-likeness (QED) is 0.187. The first-order valence-electron chi connectivity index (χ1n) is 13.8. The van der Waals surface area contributed by atoms with Gasteiger partial charge in [-0.05, 0) is 62.8 Å². The highest BCUT2D eigenvalue weighted by molar-refractivity contribution is 7.92. The summed E-state index contributed by atoms with van der Waals surface area (Å²) in [5.41, 5.74) is 5.59. The van der Waals surface area contributed by atoms with Crippen molar-refractivity contribution in [3.05, 3.63) is 93.5 Å². The number of anilines is 1. The monoisotopic (exact) mass is 571 g/mol. The number of hydrogen-bond donors (Lipinski definition) is 1. The van der Waals surface area contributed by atoms with Crippen LogP contribution in [-0.4, -0.2) is 28.9 Å². The van der Waals surface area contributed by atoms with E-state index in [2.05, 4.69) is 21.6 Å². The van der Waals surface area contributed by atoms with Crippen molar-refractivity contribution in [2.24, 2.45) is 0 Å². The zero-order valence-corrected chi connectivity index (χ0v) is 24.3. The second kappa shape index (κ2) is 11.7. The first-order chi connectivity index (χ1) is 19.7. The molecule has 1 aliphatic rings. The van der Waals surface area contributed by atoms with Crippen LogP contribution < -0.4 is 4.72 Å². The minimum Gasteiger partial charge on any atom is -0.337 e. The average molecular weight is 572 g/mol. The molecule has 0 amide bonds. The number of hydrogen-bond acceptors (Lipinski definition) is 6. The van der Waals surface area contributed by atoms with Crippen molar-refractivity contribution in [1.82, 2.24) is 14.7 Å². The highest BCUT2D eigenvalue weighted by atomic mass is 32.2. The van der Waals surface area contributed by atoms with E-state index in [4.69, 9.17) is 16.1 Å². The summed E-state index contributed by atoms with van der Waals surface area (Å²) in [6.07, 6.45) is 4.85. The lowest BCUT2D eigenvalue weighted by molar-refractivity contribution is 0.0973. The van der Waals surface area contributed by atoms with Crippen LogP contribution in [0.15, 0.2) is 51.9 Å². The Hall–Kier alpha value is -4.23. The fourth-order valence-electron chi connectivity index (χ4n) is 5.34. The van der Waals surface area contributed by atoms with Gasteiger partial charge in [-0.3, -0.25) is 4.79 Å². The van der Waals surface area contributed by atoms with E-state index in [-0.39, 0.29) is 23.1 Å². The van der Waals surface area contributed by atoms with Crippen molar-refractivity contribution in [2.45, 2.75) is 77.3 Å². The molecule has 0 radical (unpaired) electrons. The fourth-order valence-corrected chi connectivity index (χ4v) is 6.61. The summed E-state index contributed by atoms with van der Waals surface area (Å²) in [5.74, 6) is 1.11. The number of Topliss-reactive ketones (excluding diaryl/α,β-unsaturated/α-hetero) is 1. The molecule has 0 saturated carbocycles. The highest BCUT2D eigenvalue weighted by Gasteiger charge is 2.26. The largest absolute Gasteiger partial charge is 0.337 e. The Morgan fingerprint density at radius 1 is 1.10 bits per heavy atom. The van der Waals surface area contributed by atoms with Gasteiger partial charge in [0.05, 0.1) is 16.3 Å². The standard InChI is InChI=1S/C31H33N5O4S/c1-5-10-29-33-26-12-7-8-13-27(37)30(26)36(29)19-22-15-16-24(23(17-22)18-32-4)25-11-6-9-14-28(25)41(38,39)35-31-20(2)21(3)34-40-31/h6,9,11,14-17,35H,5,7-8,10,12-13,18-19H2,1-3H3. The van der Waals surface area contributed by atoms with Gasteiger partial charge in [-0.15, -0.1) is 0 Å². The molecule has 0 bridgehead atoms. The Morgan fingerprint density at radius 3 is 2.61 bits per heavy atom. The van der Waals surface area contributed by atoms with Gasteiger partial charge in [0.2, 0.25) is 12.4 Å². The number of imidazole rings is 1. The number of rotatable bonds is 9. The van der Waals surface area contributed by atoms with E-state index in [1.807, 2.05) is 22.8 Å². The molecule has 0 unspecified atom stereocenters. The average Bonchev–Trinajstić information content (AvgIpc) is 3.37. The third-order valence-electron chi connectivity index (χ3n) is 7.53. The molecular formula is C31H33N5O4S. The Morgan fingerprint density at radius 2 is 1.88 bits per heavy atom. The van der Waals surface area contributed by atoms with E-state index in [1.54, 1.807) is 32.0 Å². The molecule has 0 saturated heterocycles. The summed E-state index contributed by atoms with van der Waals surface area (Å²) < 4.78 is 36.8. The van der Waals surface area contributed by atoms with Crippen LogP contribution in [0.3, 0.4) is 0 Å². The minimum absolute atomic E-state index is 0.0724. The van der Waals surface area contributed by atoms with Crippen molar-refractivity contribution >= 4 is 21.7 Å². The molecular weight excluding hydrogens is 538 g/mol. The zero-order chi connectivity index (χ0) is 29.1. The predicted octanol–water partition coefficient (Wildman–Crippen LogP) is 6.28. The summed E-state index contributed by atoms with van der Waals surface area (Å²) in [7, 11) is -4.03. The Bertz CT molecular complexity index is 1760. The second-order valence-corrected chi connectivity index (χ2v) is 12.1. The van der Waals surface area contributed by atoms with Crippen LogP contribution in [0.5, 0.6) is 0 Å². The SMILES string of the molecule is [C-]#[N+]Cc1cc(Cn2c(CCC)nc3c2C(=O)CCCC3)ccc1-c1ccccc1S(=O)(=O)Nc1onc(C)c1C. The Balaban J connectivity index is 1.55. The van der Waals surface area contributed by atoms with Crippen molar-refractivity contribution in [2.75, 3.05) is 4.72 Å². The van der Waals surface area contributed by atoms with Gasteiger partial charge in [0.25, 0.3) is 10.0 Å². The van der Waals surface area contributed by atoms with Gasteiger partial charge in [0.15, 0.2) is 5.78 Å². The number of aromatic nitrogens is 3. The number of nitrogens with zero attached hydrogens (tertiary/aromatic N) is 4. The van der Waals surface area contributed by atoms with Crippen LogP contribution in [0.1, 0.15) is 77.0 Å². The number of ketones is 1. The van der Waals surface area contributed by atoms with Crippen LogP contribution in [0.25, 0.3) is 16.0 Å². The molecule has 10 heteroatoms. The van der Waals surface area contributed by atoms with Gasteiger partial charge < -0.3 is 13.9 Å². The molecule has 1 N–H and O–H groups in total. The summed E-state index contributed by atoms with van der Waals surface area (Å²) in [5, 5.41) is 3.84. The summed E-state index contributed by atoms with van der Waals surface area (Å²) in [6, 6.07) is 12.5. The fraction of sp³-hybridized carbons (Fsp3) is 0.355. The van der Waals surface area contributed by atoms with Gasteiger partial charge in [0.1, 0.15) is 11.5 Å². The number of sulfonamides is 1. The van der Waals surface area contributed by atoms with Crippen LogP contribution in [0.2, 0.25) is 0 Å². The molecule has 41 heavy (non-hydrogen) atoms. The third-order valence-corrected chi connectivity index (χ3v) is 8.92. The predicted molar refractivity (Wildman–Crippen MR) is 156 cm³/mol. The molecule has 0 spiro atoms. The maximum atomic E-state index is 13.5. The van der Waals surface area contributed by atoms with E-state index in [1.165, 1.54) is 6.07 Å². The summed E-state index contributed by atoms with van der Waals surface area (Å²) in [6.45, 7) is 13.7. The van der Waals surface area contributed by atoms with Crippen LogP contribution in [0.4, 0.5) is 5.88 Å². The van der Waals surface area contributed by atoms with Gasteiger partial charge in [-0.25, -0.2) is 24.7 Å². The number of nitrogens with one attached hydrogen (secondary N) is 1. The molecule has 2 aromatic heterocycles. The number of benzene rings is 2. The van der Waals surface area contributed by atoms with Gasteiger partial charge >= 0.3 is 0 Å². The molecule has 0 aliphatic heterocycles. The molecule has 9 nitrogen and oxygen atoms in total. The molecule has 2 heterocycles. The van der Waals surface area contributed by atoms with Crippen molar-refractivity contribution in [3.63, 3.8) is 0 Å². The number of carbonyl (C=O) groups excluding carboxylic acids is 1. The topological polar surface area (TPSA) is 111 Å². The molecule has 0 fully saturated rings. The van der Waals surface area contributed by atoms with E-state index < -0.39 is 10.0 Å². The molecule has 2 aromatic carbocycles. The molecule has 0 atom stereocenters. The van der Waals surface area contributed by atoms with Gasteiger partial charge in [-0.1, -0.05) is 42.4 Å². The first-order valence-corrected chi connectivity index (χ1v) is 15.3. The van der Waals surface area contributed by atoms with Crippen LogP contribution in [-0.2, 0) is 36.0 Å². The molecule has 4 aromatic rings. The molecule has 5 rings (SSSR count). The van der Waals surface area contributed by atoms with Crippen molar-refractivity contribution in [3.8, 4) is 11.1 Å². The van der Waals surface area contributed by atoms with Gasteiger partial charge in [-0.2, -0.15) is 0 Å². The van der Waals surface area contributed by atoms with Crippen LogP contribution in [0, 0.1) is 20.4 Å². The normalized spacial score (nSPS) is 13.5. The van der Waals surface area contributed by atoms with Gasteiger partial charge in [0, 0.05) is 36.1 Å². The lowest BCUT2D eigenvalue weighted by atomic mass is 9.97. The molecule has 212 valence electrons. The summed E-state index contributed by atoms with van der Waals surface area (Å²) in [4.78, 5) is 21.6. The maximum absolute atomic E-state index is 13.5. The number of aryl methyl sites for hydroxylation is 3. The van der Waals surface area contributed by atoms with Crippen molar-refractivity contribution < 1.29 is 17.7 Å². The third kappa shape index (κ3) is 5.68. The lowest BCUT2D eigenvalue weighted by Gasteiger charge is -2.15. The number of fused-ring (bicyclic) bond motifs is 1. The molecule has 1 aliphatic carbocycles. The van der Waals surface area contributed by atoms with Crippen molar-refractivity contribution in [1.29, 1.82) is 0 Å². The van der Waals surface area contributed by atoms with Crippen LogP contribution >= 0.6 is 0 Å². The van der Waals surface area contributed by atoms with E-state index >= 15 is 0 Å². The Labute approximate surface area is 240 Å². The summed E-state index contributed by atoms with van der Waals surface area (Å²) >= 11 is 0. The maximum Gasteiger partial charge on any atom is 0.264 e. The second-order valence-electron chi connectivity index (χ2n) is 10.4. The Kier molecular flexibility index (Phi) is 8.08.